The molecule has 0 aliphatic heterocycles. The van der Waals surface area contributed by atoms with Crippen LogP contribution in [0.2, 0.25) is 0 Å². The van der Waals surface area contributed by atoms with Gasteiger partial charge in [0.15, 0.2) is 0 Å². The van der Waals surface area contributed by atoms with Crippen molar-refractivity contribution in [1.29, 1.82) is 0 Å². The maximum absolute atomic E-state index is 4.20. The zero-order chi connectivity index (χ0) is 15.9. The molecule has 2 radical (unpaired) electrons. The van der Waals surface area contributed by atoms with Crippen molar-refractivity contribution in [2.24, 2.45) is 4.99 Å². The average molecular weight is 472 g/mol. The summed E-state index contributed by atoms with van der Waals surface area (Å²) in [5.74, 6) is 0. The molecular weight excluding hydrogens is 446 g/mol. The van der Waals surface area contributed by atoms with E-state index in [1.807, 2.05) is 48.7 Å². The Bertz CT molecular complexity index is 502. The van der Waals surface area contributed by atoms with Crippen LogP contribution >= 0.6 is 0 Å². The second-order valence-corrected chi connectivity index (χ2v) is 4.92. The Kier molecular flexibility index (Phi) is 21.6. The molecule has 0 aliphatic rings. The molecule has 0 heterocycles. The monoisotopic (exact) mass is 472 g/mol. The van der Waals surface area contributed by atoms with Gasteiger partial charge in [0.05, 0.1) is 0 Å². The molecule has 0 bridgehead atoms. The number of aliphatic imine (C=N–C) groups is 1. The second kappa shape index (κ2) is 19.6. The maximum atomic E-state index is 4.20. The normalized spacial score (nSPS) is 9.42. The summed E-state index contributed by atoms with van der Waals surface area (Å²) in [4.78, 5) is 4.20. The van der Waals surface area contributed by atoms with Crippen LogP contribution in [-0.4, -0.2) is 19.3 Å². The van der Waals surface area contributed by atoms with Crippen LogP contribution in [0.5, 0.6) is 0 Å². The molecule has 2 aromatic rings. The summed E-state index contributed by atoms with van der Waals surface area (Å²) in [7, 11) is 0. The standard InChI is InChI=1S/C10H14N.C10H12N.2Y/c2*1-2-8-11-9-10-6-4-3-5-7-10;;/h3-6,11H,2,8-9H2,1H3;3-6,9H,2,8H2,1H3;;/q2*-1;;. The minimum absolute atomic E-state index is 0. The van der Waals surface area contributed by atoms with E-state index in [9.17, 15) is 0 Å². The van der Waals surface area contributed by atoms with Crippen LogP contribution in [0.4, 0.5) is 0 Å². The van der Waals surface area contributed by atoms with Crippen LogP contribution in [0.25, 0.3) is 0 Å². The molecule has 4 heteroatoms. The van der Waals surface area contributed by atoms with Crippen LogP contribution in [0.1, 0.15) is 37.8 Å². The number of hydrogen-bond donors (Lipinski definition) is 1. The molecule has 0 amide bonds. The molecule has 24 heavy (non-hydrogen) atoms. The first kappa shape index (κ1) is 26.5. The molecule has 124 valence electrons. The molecule has 0 aromatic heterocycles. The second-order valence-electron chi connectivity index (χ2n) is 4.92. The smallest absolute Gasteiger partial charge is 0.0279 e. The summed E-state index contributed by atoms with van der Waals surface area (Å²) in [6.07, 6.45) is 4.15. The van der Waals surface area contributed by atoms with E-state index in [1.54, 1.807) is 0 Å². The summed E-state index contributed by atoms with van der Waals surface area (Å²) < 4.78 is 0. The Hall–Kier alpha value is 0.278. The van der Waals surface area contributed by atoms with Gasteiger partial charge in [0.25, 0.3) is 0 Å². The molecule has 1 N–H and O–H groups in total. The first-order valence-electron chi connectivity index (χ1n) is 7.99. The van der Waals surface area contributed by atoms with Crippen molar-refractivity contribution in [1.82, 2.24) is 5.32 Å². The third-order valence-corrected chi connectivity index (χ3v) is 2.83. The van der Waals surface area contributed by atoms with E-state index < -0.39 is 0 Å². The molecule has 0 unspecified atom stereocenters. The van der Waals surface area contributed by atoms with Crippen molar-refractivity contribution in [3.05, 3.63) is 71.8 Å². The SMILES string of the molecule is CCCN=Cc1[c-]cccc1.CCCNCc1[c-]cccc1.[Y].[Y]. The molecule has 0 spiro atoms. The van der Waals surface area contributed by atoms with E-state index in [0.29, 0.717) is 0 Å². The Morgan fingerprint density at radius 2 is 1.67 bits per heavy atom. The number of nitrogens with one attached hydrogen (secondary N) is 1. The minimum Gasteiger partial charge on any atom is -0.341 e. The average Bonchev–Trinajstić information content (AvgIpc) is 2.58. The van der Waals surface area contributed by atoms with Gasteiger partial charge in [0.2, 0.25) is 0 Å². The van der Waals surface area contributed by atoms with Crippen molar-refractivity contribution < 1.29 is 65.4 Å². The molecule has 0 saturated carbocycles. The third kappa shape index (κ3) is 14.6. The first-order chi connectivity index (χ1) is 10.9. The zero-order valence-electron chi connectivity index (χ0n) is 14.8. The van der Waals surface area contributed by atoms with E-state index in [-0.39, 0.29) is 65.4 Å². The van der Waals surface area contributed by atoms with Gasteiger partial charge in [-0.2, -0.15) is 30.3 Å². The van der Waals surface area contributed by atoms with Gasteiger partial charge in [-0.15, -0.1) is 41.5 Å². The summed E-state index contributed by atoms with van der Waals surface area (Å²) in [6.45, 7) is 7.22. The summed E-state index contributed by atoms with van der Waals surface area (Å²) >= 11 is 0. The van der Waals surface area contributed by atoms with Gasteiger partial charge in [-0.3, -0.25) is 0 Å². The summed E-state index contributed by atoms with van der Waals surface area (Å²) in [6, 6.07) is 22.1. The van der Waals surface area contributed by atoms with Crippen LogP contribution in [-0.2, 0) is 72.0 Å². The Balaban J connectivity index is 0. The van der Waals surface area contributed by atoms with Crippen LogP contribution < -0.4 is 5.32 Å². The molecule has 2 aromatic carbocycles. The summed E-state index contributed by atoms with van der Waals surface area (Å²) in [5, 5.41) is 3.32. The van der Waals surface area contributed by atoms with E-state index in [0.717, 1.165) is 31.6 Å². The number of hydrogen-bond acceptors (Lipinski definition) is 2. The molecule has 0 aliphatic carbocycles. The van der Waals surface area contributed by atoms with Crippen molar-refractivity contribution in [2.45, 2.75) is 33.2 Å². The fourth-order valence-corrected chi connectivity index (χ4v) is 1.72. The van der Waals surface area contributed by atoms with Gasteiger partial charge >= 0.3 is 0 Å². The Labute approximate surface area is 198 Å². The van der Waals surface area contributed by atoms with E-state index in [4.69, 9.17) is 0 Å². The largest absolute Gasteiger partial charge is 0.341 e. The van der Waals surface area contributed by atoms with Crippen LogP contribution in [0.15, 0.2) is 53.5 Å². The molecule has 2 nitrogen and oxygen atoms in total. The predicted octanol–water partition coefficient (Wildman–Crippen LogP) is 4.30. The Morgan fingerprint density at radius 3 is 2.21 bits per heavy atom. The van der Waals surface area contributed by atoms with Gasteiger partial charge < -0.3 is 10.3 Å². The van der Waals surface area contributed by atoms with Gasteiger partial charge in [-0.25, -0.2) is 0 Å². The van der Waals surface area contributed by atoms with Gasteiger partial charge in [-0.05, 0) is 25.9 Å². The van der Waals surface area contributed by atoms with Gasteiger partial charge in [-0.1, -0.05) is 20.1 Å². The van der Waals surface area contributed by atoms with Crippen molar-refractivity contribution in [2.75, 3.05) is 13.1 Å². The van der Waals surface area contributed by atoms with E-state index in [1.165, 1.54) is 12.0 Å². The molecular formula is C20H26N2Y2-2. The van der Waals surface area contributed by atoms with Crippen molar-refractivity contribution in [3.8, 4) is 0 Å². The van der Waals surface area contributed by atoms with Gasteiger partial charge in [0, 0.05) is 72.0 Å². The van der Waals surface area contributed by atoms with Crippen LogP contribution in [0.3, 0.4) is 0 Å². The molecule has 0 fully saturated rings. The zero-order valence-corrected chi connectivity index (χ0v) is 20.5. The molecule has 2 rings (SSSR count). The molecule has 0 atom stereocenters. The fourth-order valence-electron chi connectivity index (χ4n) is 1.72. The number of nitrogens with zero attached hydrogens (tertiary/aromatic N) is 1. The number of rotatable bonds is 7. The third-order valence-electron chi connectivity index (χ3n) is 2.83. The first-order valence-corrected chi connectivity index (χ1v) is 7.99. The summed E-state index contributed by atoms with van der Waals surface area (Å²) in [5.41, 5.74) is 2.29. The van der Waals surface area contributed by atoms with Crippen LogP contribution in [0, 0.1) is 12.1 Å². The Morgan fingerprint density at radius 1 is 0.958 bits per heavy atom. The topological polar surface area (TPSA) is 24.4 Å². The predicted molar refractivity (Wildman–Crippen MR) is 95.3 cm³/mol. The van der Waals surface area contributed by atoms with Crippen molar-refractivity contribution >= 4 is 6.21 Å². The quantitative estimate of drug-likeness (QED) is 0.363. The minimum atomic E-state index is 0. The van der Waals surface area contributed by atoms with E-state index in [2.05, 4.69) is 42.4 Å². The van der Waals surface area contributed by atoms with Crippen molar-refractivity contribution in [3.63, 3.8) is 0 Å². The maximum Gasteiger partial charge on any atom is 0.0279 e. The van der Waals surface area contributed by atoms with E-state index >= 15 is 0 Å². The fraction of sp³-hybridized carbons (Fsp3) is 0.350. The van der Waals surface area contributed by atoms with Gasteiger partial charge in [0.1, 0.15) is 0 Å². The molecule has 0 saturated heterocycles. The number of benzene rings is 2.